The summed E-state index contributed by atoms with van der Waals surface area (Å²) in [5, 5.41) is 6.41. The van der Waals surface area contributed by atoms with Gasteiger partial charge in [0.15, 0.2) is 5.82 Å². The molecule has 0 saturated carbocycles. The third-order valence-corrected chi connectivity index (χ3v) is 3.38. The molecule has 0 bridgehead atoms. The Morgan fingerprint density at radius 3 is 2.46 bits per heavy atom. The molecule has 1 aromatic heterocycles. The molecule has 0 aliphatic rings. The summed E-state index contributed by atoms with van der Waals surface area (Å²) in [6.07, 6.45) is 0. The Morgan fingerprint density at radius 1 is 1.17 bits per heavy atom. The number of methoxy groups -OCH3 is 1. The maximum absolute atomic E-state index is 12.2. The van der Waals surface area contributed by atoms with Crippen LogP contribution in [0.5, 0.6) is 0 Å². The van der Waals surface area contributed by atoms with Crippen molar-refractivity contribution < 1.29 is 14.1 Å². The van der Waals surface area contributed by atoms with Crippen LogP contribution in [0.4, 0.5) is 5.69 Å². The Morgan fingerprint density at radius 2 is 1.88 bits per heavy atom. The minimum atomic E-state index is -0.612. The molecule has 0 saturated heterocycles. The number of nitrogens with one attached hydrogen (secondary N) is 2. The Labute approximate surface area is 137 Å². The number of carbonyl (C=O) groups excluding carboxylic acids is 1. The number of aromatic nitrogens is 2. The fourth-order valence-corrected chi connectivity index (χ4v) is 2.19. The first-order chi connectivity index (χ1) is 11.7. The molecule has 7 nitrogen and oxygen atoms in total. The number of H-pyrrole nitrogens is 1. The van der Waals surface area contributed by atoms with E-state index in [0.717, 1.165) is 5.56 Å². The van der Waals surface area contributed by atoms with Crippen molar-refractivity contribution in [3.63, 3.8) is 0 Å². The van der Waals surface area contributed by atoms with Gasteiger partial charge in [-0.1, -0.05) is 17.3 Å². The summed E-state index contributed by atoms with van der Waals surface area (Å²) < 4.78 is 9.50. The molecule has 122 valence electrons. The predicted octanol–water partition coefficient (Wildman–Crippen LogP) is 2.43. The number of ether oxygens (including phenoxy) is 1. The van der Waals surface area contributed by atoms with Gasteiger partial charge in [0.2, 0.25) is 0 Å². The second-order valence-corrected chi connectivity index (χ2v) is 5.11. The van der Waals surface area contributed by atoms with E-state index in [0.29, 0.717) is 29.2 Å². The zero-order valence-corrected chi connectivity index (χ0v) is 12.9. The van der Waals surface area contributed by atoms with E-state index in [9.17, 15) is 9.59 Å². The summed E-state index contributed by atoms with van der Waals surface area (Å²) in [5.41, 5.74) is 2.87. The van der Waals surface area contributed by atoms with Crippen LogP contribution in [0.25, 0.3) is 11.4 Å². The third kappa shape index (κ3) is 3.58. The van der Waals surface area contributed by atoms with Crippen molar-refractivity contribution in [3.8, 4) is 11.4 Å². The smallest absolute Gasteiger partial charge is 0.380 e. The number of nitrogens with zero attached hydrogens (tertiary/aromatic N) is 1. The first-order valence-corrected chi connectivity index (χ1v) is 7.21. The van der Waals surface area contributed by atoms with E-state index >= 15 is 0 Å². The van der Waals surface area contributed by atoms with Crippen LogP contribution in [0.1, 0.15) is 15.9 Å². The Hall–Kier alpha value is -3.19. The van der Waals surface area contributed by atoms with Gasteiger partial charge in [0.05, 0.1) is 6.61 Å². The number of carbonyl (C=O) groups is 1. The van der Waals surface area contributed by atoms with Gasteiger partial charge in [0.1, 0.15) is 0 Å². The summed E-state index contributed by atoms with van der Waals surface area (Å²) in [5.74, 6) is -0.479. The number of benzene rings is 2. The van der Waals surface area contributed by atoms with Crippen LogP contribution in [0.2, 0.25) is 0 Å². The quantitative estimate of drug-likeness (QED) is 0.751. The lowest BCUT2D eigenvalue weighted by atomic mass is 10.1. The average Bonchev–Trinajstić information content (AvgIpc) is 3.03. The largest absolute Gasteiger partial charge is 0.439 e. The number of hydrogen-bond donors (Lipinski definition) is 2. The van der Waals surface area contributed by atoms with Crippen molar-refractivity contribution in [2.45, 2.75) is 6.61 Å². The second-order valence-electron chi connectivity index (χ2n) is 5.11. The molecule has 0 radical (unpaired) electrons. The van der Waals surface area contributed by atoms with Crippen molar-refractivity contribution in [3.05, 3.63) is 70.2 Å². The van der Waals surface area contributed by atoms with Crippen LogP contribution >= 0.6 is 0 Å². The van der Waals surface area contributed by atoms with Crippen molar-refractivity contribution in [2.75, 3.05) is 12.4 Å². The van der Waals surface area contributed by atoms with E-state index in [4.69, 9.17) is 4.74 Å². The number of amides is 1. The minimum Gasteiger partial charge on any atom is -0.380 e. The molecule has 7 heteroatoms. The zero-order chi connectivity index (χ0) is 16.9. The van der Waals surface area contributed by atoms with Crippen LogP contribution in [-0.2, 0) is 11.3 Å². The van der Waals surface area contributed by atoms with E-state index in [2.05, 4.69) is 20.0 Å². The summed E-state index contributed by atoms with van der Waals surface area (Å²) in [7, 11) is 1.62. The van der Waals surface area contributed by atoms with Crippen LogP contribution < -0.4 is 11.1 Å². The molecule has 0 aliphatic carbocycles. The monoisotopic (exact) mass is 325 g/mol. The van der Waals surface area contributed by atoms with E-state index in [-0.39, 0.29) is 5.91 Å². The fourth-order valence-electron chi connectivity index (χ4n) is 2.19. The Bertz CT molecular complexity index is 879. The maximum atomic E-state index is 12.2. The molecule has 24 heavy (non-hydrogen) atoms. The molecule has 0 fully saturated rings. The summed E-state index contributed by atoms with van der Waals surface area (Å²) in [4.78, 5) is 25.6. The highest BCUT2D eigenvalue weighted by atomic mass is 16.5. The molecule has 0 spiro atoms. The van der Waals surface area contributed by atoms with Crippen molar-refractivity contribution in [2.24, 2.45) is 0 Å². The normalized spacial score (nSPS) is 10.5. The Kier molecular flexibility index (Phi) is 4.53. The topological polar surface area (TPSA) is 97.2 Å². The third-order valence-electron chi connectivity index (χ3n) is 3.38. The lowest BCUT2D eigenvalue weighted by molar-refractivity contribution is 0.102. The summed E-state index contributed by atoms with van der Waals surface area (Å²) in [6, 6.07) is 14.1. The highest BCUT2D eigenvalue weighted by Crippen LogP contribution is 2.17. The number of aromatic amines is 1. The van der Waals surface area contributed by atoms with Crippen molar-refractivity contribution >= 4 is 11.6 Å². The molecular formula is C17H15N3O4. The highest BCUT2D eigenvalue weighted by Gasteiger charge is 2.08. The minimum absolute atomic E-state index is 0.207. The summed E-state index contributed by atoms with van der Waals surface area (Å²) >= 11 is 0. The summed E-state index contributed by atoms with van der Waals surface area (Å²) in [6.45, 7) is 0.507. The lowest BCUT2D eigenvalue weighted by Gasteiger charge is -2.07. The van der Waals surface area contributed by atoms with Gasteiger partial charge in [-0.05, 0) is 42.0 Å². The SMILES string of the molecule is COCc1ccc(C(=O)Nc2ccc(-c3noc(=O)[nH]3)cc2)cc1. The molecule has 3 aromatic rings. The average molecular weight is 325 g/mol. The Balaban J connectivity index is 1.69. The van der Waals surface area contributed by atoms with Crippen molar-refractivity contribution in [1.82, 2.24) is 10.1 Å². The number of rotatable bonds is 5. The number of hydrogen-bond acceptors (Lipinski definition) is 5. The molecular weight excluding hydrogens is 310 g/mol. The van der Waals surface area contributed by atoms with Crippen LogP contribution in [0.15, 0.2) is 57.8 Å². The standard InChI is InChI=1S/C17H15N3O4/c1-23-10-11-2-4-13(5-3-11)16(21)18-14-8-6-12(7-9-14)15-19-17(22)24-20-15/h2-9H,10H2,1H3,(H,18,21)(H,19,20,22). The van der Waals surface area contributed by atoms with Gasteiger partial charge in [0, 0.05) is 23.9 Å². The molecule has 0 aliphatic heterocycles. The van der Waals surface area contributed by atoms with Gasteiger partial charge >= 0.3 is 5.76 Å². The molecule has 2 N–H and O–H groups in total. The first-order valence-electron chi connectivity index (χ1n) is 7.21. The van der Waals surface area contributed by atoms with Gasteiger partial charge in [-0.2, -0.15) is 0 Å². The van der Waals surface area contributed by atoms with Gasteiger partial charge in [-0.3, -0.25) is 14.3 Å². The van der Waals surface area contributed by atoms with Crippen LogP contribution in [-0.4, -0.2) is 23.2 Å². The first kappa shape index (κ1) is 15.7. The van der Waals surface area contributed by atoms with E-state index in [1.165, 1.54) is 0 Å². The van der Waals surface area contributed by atoms with Gasteiger partial charge in [-0.25, -0.2) is 4.79 Å². The zero-order valence-electron chi connectivity index (χ0n) is 12.9. The second kappa shape index (κ2) is 6.93. The van der Waals surface area contributed by atoms with Crippen LogP contribution in [0.3, 0.4) is 0 Å². The van der Waals surface area contributed by atoms with Crippen LogP contribution in [0, 0.1) is 0 Å². The van der Waals surface area contributed by atoms with Gasteiger partial charge in [-0.15, -0.1) is 0 Å². The predicted molar refractivity (Wildman–Crippen MR) is 87.7 cm³/mol. The van der Waals surface area contributed by atoms with E-state index in [1.54, 1.807) is 43.5 Å². The number of anilines is 1. The lowest BCUT2D eigenvalue weighted by Crippen LogP contribution is -2.11. The molecule has 1 amide bonds. The molecule has 2 aromatic carbocycles. The maximum Gasteiger partial charge on any atom is 0.439 e. The van der Waals surface area contributed by atoms with E-state index < -0.39 is 5.76 Å². The molecule has 0 atom stereocenters. The highest BCUT2D eigenvalue weighted by molar-refractivity contribution is 6.04. The molecule has 1 heterocycles. The van der Waals surface area contributed by atoms with E-state index in [1.807, 2.05) is 12.1 Å². The van der Waals surface area contributed by atoms with Gasteiger partial charge < -0.3 is 10.1 Å². The van der Waals surface area contributed by atoms with Gasteiger partial charge in [0.25, 0.3) is 5.91 Å². The fraction of sp³-hybridized carbons (Fsp3) is 0.118. The van der Waals surface area contributed by atoms with Crippen molar-refractivity contribution in [1.29, 1.82) is 0 Å². The molecule has 0 unspecified atom stereocenters. The molecule has 3 rings (SSSR count).